The molecule has 3 aromatic heterocycles. The first-order chi connectivity index (χ1) is 35.8. The zero-order chi connectivity index (χ0) is 54.2. The third-order valence-corrected chi connectivity index (χ3v) is 15.8. The van der Waals surface area contributed by atoms with E-state index in [1.54, 1.807) is 0 Å². The van der Waals surface area contributed by atoms with Gasteiger partial charge in [-0.3, -0.25) is 4.57 Å². The molecule has 0 aliphatic rings. The summed E-state index contributed by atoms with van der Waals surface area (Å²) in [5.41, 5.74) is 13.5. The van der Waals surface area contributed by atoms with Crippen LogP contribution >= 0.6 is 0 Å². The number of aromatic nitrogens is 4. The van der Waals surface area contributed by atoms with Crippen LogP contribution in [0.3, 0.4) is 0 Å². The van der Waals surface area contributed by atoms with E-state index in [0.29, 0.717) is 11.5 Å². The maximum Gasteiger partial charge on any atom is 0.267 e. The van der Waals surface area contributed by atoms with Crippen molar-refractivity contribution in [1.29, 1.82) is 0 Å². The Balaban J connectivity index is 0.00000722. The second-order valence-electron chi connectivity index (χ2n) is 25.5. The zero-order valence-electron chi connectivity index (χ0n) is 47.8. The minimum absolute atomic E-state index is 0. The molecule has 0 aliphatic heterocycles. The molecule has 10 aromatic rings. The molecule has 6 heteroatoms. The third kappa shape index (κ3) is 10.4. The Morgan fingerprint density at radius 1 is 0.442 bits per heavy atom. The van der Waals surface area contributed by atoms with Gasteiger partial charge >= 0.3 is 0 Å². The van der Waals surface area contributed by atoms with E-state index in [2.05, 4.69) is 294 Å². The SMILES string of the molecule is CC(C)(C)c1ccnc(-n2c3[c-]c(Oc4[c-]c(-n5[c-][n+](-c6cc(C(C)(C)c7ccccc7)cc(C(C)(C)c7ccccc7)c6)c(C(C)(C)C)c5C(C)(C)C)ccc4)ccc3c3cc(C(C)(C)c4ccccc4)ccc32)c1.[Pt]. The van der Waals surface area contributed by atoms with Gasteiger partial charge in [-0.15, -0.1) is 29.7 Å². The smallest absolute Gasteiger partial charge is 0.267 e. The van der Waals surface area contributed by atoms with Crippen molar-refractivity contribution < 1.29 is 30.4 Å². The number of nitrogens with zero attached hydrogens (tertiary/aromatic N) is 4. The van der Waals surface area contributed by atoms with E-state index in [1.807, 2.05) is 18.3 Å². The van der Waals surface area contributed by atoms with Gasteiger partial charge in [-0.1, -0.05) is 219 Å². The molecular weight excluding hydrogens is 1120 g/mol. The Labute approximate surface area is 473 Å². The maximum absolute atomic E-state index is 6.88. The molecule has 10 rings (SSSR count). The maximum atomic E-state index is 6.88. The van der Waals surface area contributed by atoms with Crippen LogP contribution in [0, 0.1) is 18.5 Å². The Morgan fingerprint density at radius 2 is 0.987 bits per heavy atom. The summed E-state index contributed by atoms with van der Waals surface area (Å²) in [7, 11) is 0. The molecular formula is C71H74N4OPt-2. The number of hydrogen-bond donors (Lipinski definition) is 0. The Kier molecular flexibility index (Phi) is 14.4. The average Bonchev–Trinajstić information content (AvgIpc) is 4.06. The molecule has 0 aliphatic carbocycles. The van der Waals surface area contributed by atoms with Crippen LogP contribution in [0.4, 0.5) is 0 Å². The minimum atomic E-state index is -0.292. The van der Waals surface area contributed by atoms with E-state index < -0.39 is 0 Å². The van der Waals surface area contributed by atoms with Crippen LogP contribution in [-0.2, 0) is 53.6 Å². The number of hydrogen-bond acceptors (Lipinski definition) is 2. The van der Waals surface area contributed by atoms with Gasteiger partial charge in [0.05, 0.1) is 17.1 Å². The second-order valence-corrected chi connectivity index (χ2v) is 25.5. The minimum Gasteiger partial charge on any atom is -0.510 e. The molecule has 77 heavy (non-hydrogen) atoms. The van der Waals surface area contributed by atoms with Crippen LogP contribution in [0.5, 0.6) is 11.5 Å². The third-order valence-electron chi connectivity index (χ3n) is 15.8. The van der Waals surface area contributed by atoms with E-state index in [9.17, 15) is 0 Å². The molecule has 0 amide bonds. The van der Waals surface area contributed by atoms with E-state index in [4.69, 9.17) is 9.72 Å². The molecule has 3 heterocycles. The number of imidazole rings is 1. The van der Waals surface area contributed by atoms with Crippen molar-refractivity contribution in [1.82, 2.24) is 14.1 Å². The average molecular weight is 1190 g/mol. The summed E-state index contributed by atoms with van der Waals surface area (Å²) in [6.45, 7) is 34.5. The predicted molar refractivity (Wildman–Crippen MR) is 314 cm³/mol. The van der Waals surface area contributed by atoms with Crippen molar-refractivity contribution in [2.24, 2.45) is 0 Å². The first-order valence-electron chi connectivity index (χ1n) is 27.0. The van der Waals surface area contributed by atoms with Gasteiger partial charge < -0.3 is 13.9 Å². The molecule has 7 aromatic carbocycles. The number of rotatable bonds is 11. The summed E-state index contributed by atoms with van der Waals surface area (Å²) in [6.07, 6.45) is 5.88. The number of ether oxygens (including phenoxy) is 1. The number of pyridine rings is 1. The molecule has 0 unspecified atom stereocenters. The number of benzene rings is 7. The van der Waals surface area contributed by atoms with Crippen LogP contribution in [-0.4, -0.2) is 14.1 Å². The summed E-state index contributed by atoms with van der Waals surface area (Å²) < 4.78 is 13.7. The van der Waals surface area contributed by atoms with Crippen molar-refractivity contribution >= 4 is 21.8 Å². The van der Waals surface area contributed by atoms with Crippen LogP contribution in [0.15, 0.2) is 176 Å². The molecule has 396 valence electrons. The van der Waals surface area contributed by atoms with E-state index in [-0.39, 0.29) is 53.6 Å². The Morgan fingerprint density at radius 3 is 1.52 bits per heavy atom. The topological polar surface area (TPSA) is 35.9 Å². The van der Waals surface area contributed by atoms with Crippen molar-refractivity contribution in [2.75, 3.05) is 0 Å². The fourth-order valence-electron chi connectivity index (χ4n) is 11.0. The molecule has 0 atom stereocenters. The summed E-state index contributed by atoms with van der Waals surface area (Å²) >= 11 is 0. The molecule has 0 saturated heterocycles. The van der Waals surface area contributed by atoms with Crippen molar-refractivity contribution in [3.63, 3.8) is 0 Å². The first-order valence-corrected chi connectivity index (χ1v) is 27.0. The summed E-state index contributed by atoms with van der Waals surface area (Å²) in [5, 5.41) is 2.22. The second kappa shape index (κ2) is 20.2. The van der Waals surface area contributed by atoms with Gasteiger partial charge in [0, 0.05) is 60.5 Å². The predicted octanol–water partition coefficient (Wildman–Crippen LogP) is 17.3. The number of fused-ring (bicyclic) bond motifs is 3. The van der Waals surface area contributed by atoms with Crippen LogP contribution in [0.1, 0.15) is 154 Å². The Hall–Kier alpha value is -6.81. The van der Waals surface area contributed by atoms with Crippen molar-refractivity contribution in [3.8, 4) is 28.7 Å². The summed E-state index contributed by atoms with van der Waals surface area (Å²) in [4.78, 5) is 5.00. The molecule has 0 spiro atoms. The van der Waals surface area contributed by atoms with E-state index in [1.165, 1.54) is 44.6 Å². The molecule has 0 bridgehead atoms. The van der Waals surface area contributed by atoms with Crippen LogP contribution in [0.2, 0.25) is 0 Å². The fraction of sp³-hybridized carbons (Fsp3) is 0.296. The van der Waals surface area contributed by atoms with Gasteiger partial charge in [0.1, 0.15) is 5.82 Å². The standard InChI is InChI=1S/C71H74N4O.Pt/c1-66(2,3)51-38-39-72-63(44-51)75-61-37-34-52(69(10,11)48-26-19-16-20-27-48)43-60(61)59-36-35-58(46-62(59)75)76-57-33-25-32-55(45-57)73-47-74(65(68(7,8)9)64(73)67(4,5)6)56-41-53(70(12,13)49-28-21-17-22-29-49)40-54(42-56)71(14,15)50-30-23-18-24-31-50;/h16-44H,1-15H3;/q-2;. The first kappa shape index (κ1) is 55.0. The normalized spacial score (nSPS) is 12.8. The van der Waals surface area contributed by atoms with Gasteiger partial charge in [0.25, 0.3) is 6.33 Å². The van der Waals surface area contributed by atoms with E-state index >= 15 is 0 Å². The molecule has 0 N–H and O–H groups in total. The fourth-order valence-corrected chi connectivity index (χ4v) is 11.0. The quantitative estimate of drug-likeness (QED) is 0.0956. The molecule has 0 fully saturated rings. The molecule has 0 saturated carbocycles. The molecule has 5 nitrogen and oxygen atoms in total. The van der Waals surface area contributed by atoms with Crippen LogP contribution in [0.25, 0.3) is 39.0 Å². The Bertz CT molecular complexity index is 3680. The van der Waals surface area contributed by atoms with Crippen LogP contribution < -0.4 is 9.30 Å². The van der Waals surface area contributed by atoms with Gasteiger partial charge in [-0.2, -0.15) is 18.2 Å². The molecule has 0 radical (unpaired) electrons. The van der Waals surface area contributed by atoms with E-state index in [0.717, 1.165) is 44.7 Å². The van der Waals surface area contributed by atoms with Gasteiger partial charge in [0.2, 0.25) is 0 Å². The zero-order valence-corrected chi connectivity index (χ0v) is 50.0. The van der Waals surface area contributed by atoms with Crippen molar-refractivity contribution in [3.05, 3.63) is 245 Å². The largest absolute Gasteiger partial charge is 0.510 e. The van der Waals surface area contributed by atoms with Crippen molar-refractivity contribution in [2.45, 2.75) is 136 Å². The van der Waals surface area contributed by atoms with Gasteiger partial charge in [-0.25, -0.2) is 4.98 Å². The summed E-state index contributed by atoms with van der Waals surface area (Å²) in [6, 6.07) is 68.7. The van der Waals surface area contributed by atoms with Gasteiger partial charge in [0.15, 0.2) is 0 Å². The monoisotopic (exact) mass is 1190 g/mol. The van der Waals surface area contributed by atoms with Gasteiger partial charge in [-0.05, 0) is 96.6 Å². The summed E-state index contributed by atoms with van der Waals surface area (Å²) in [5.74, 6) is 2.01.